The van der Waals surface area contributed by atoms with Crippen LogP contribution in [0.2, 0.25) is 0 Å². The van der Waals surface area contributed by atoms with Crippen LogP contribution in [0.5, 0.6) is 0 Å². The molecule has 0 aliphatic heterocycles. The van der Waals surface area contributed by atoms with E-state index >= 15 is 0 Å². The van der Waals surface area contributed by atoms with E-state index in [2.05, 4.69) is 5.32 Å². The van der Waals surface area contributed by atoms with Crippen LogP contribution < -0.4 is 5.32 Å². The summed E-state index contributed by atoms with van der Waals surface area (Å²) in [6, 6.07) is 19.3. The van der Waals surface area contributed by atoms with Gasteiger partial charge in [0.1, 0.15) is 12.2 Å². The zero-order valence-electron chi connectivity index (χ0n) is 15.5. The Labute approximate surface area is 160 Å². The van der Waals surface area contributed by atoms with Gasteiger partial charge in [-0.2, -0.15) is 0 Å². The second kappa shape index (κ2) is 9.65. The van der Waals surface area contributed by atoms with E-state index in [1.807, 2.05) is 60.7 Å². The molecule has 3 rings (SSSR count). The van der Waals surface area contributed by atoms with Crippen LogP contribution in [-0.4, -0.2) is 35.9 Å². The van der Waals surface area contributed by atoms with Gasteiger partial charge in [-0.05, 0) is 30.4 Å². The number of ether oxygens (including phenoxy) is 2. The molecule has 144 valence electrons. The van der Waals surface area contributed by atoms with Crippen molar-refractivity contribution in [3.05, 3.63) is 71.8 Å². The molecule has 2 aromatic rings. The second-order valence-electron chi connectivity index (χ2n) is 7.07. The summed E-state index contributed by atoms with van der Waals surface area (Å²) in [6.45, 7) is 1.03. The van der Waals surface area contributed by atoms with Crippen molar-refractivity contribution in [3.63, 3.8) is 0 Å². The van der Waals surface area contributed by atoms with Gasteiger partial charge >= 0.3 is 0 Å². The summed E-state index contributed by atoms with van der Waals surface area (Å²) >= 11 is 0. The monoisotopic (exact) mass is 369 g/mol. The maximum Gasteiger partial charge on any atom is 0.246 e. The predicted molar refractivity (Wildman–Crippen MR) is 103 cm³/mol. The van der Waals surface area contributed by atoms with Gasteiger partial charge in [0.25, 0.3) is 0 Å². The van der Waals surface area contributed by atoms with Crippen molar-refractivity contribution < 1.29 is 19.4 Å². The number of benzene rings is 2. The van der Waals surface area contributed by atoms with E-state index in [-0.39, 0.29) is 25.2 Å². The van der Waals surface area contributed by atoms with Crippen molar-refractivity contribution in [1.29, 1.82) is 0 Å². The molecule has 5 nitrogen and oxygen atoms in total. The first kappa shape index (κ1) is 19.5. The quantitative estimate of drug-likeness (QED) is 0.713. The highest BCUT2D eigenvalue weighted by Crippen LogP contribution is 2.30. The Balaban J connectivity index is 1.41. The normalized spacial score (nSPS) is 21.9. The van der Waals surface area contributed by atoms with Crippen molar-refractivity contribution in [1.82, 2.24) is 5.32 Å². The lowest BCUT2D eigenvalue weighted by atomic mass is 9.99. The smallest absolute Gasteiger partial charge is 0.246 e. The van der Waals surface area contributed by atoms with Gasteiger partial charge in [0.05, 0.1) is 25.9 Å². The Morgan fingerprint density at radius 2 is 1.59 bits per heavy atom. The lowest BCUT2D eigenvalue weighted by molar-refractivity contribution is -0.130. The number of amides is 1. The minimum absolute atomic E-state index is 0.0215. The Hall–Kier alpha value is -2.21. The molecule has 0 spiro atoms. The molecule has 0 bridgehead atoms. The molecule has 2 aromatic carbocycles. The molecular weight excluding hydrogens is 342 g/mol. The van der Waals surface area contributed by atoms with Crippen LogP contribution in [0.25, 0.3) is 0 Å². The topological polar surface area (TPSA) is 67.8 Å². The van der Waals surface area contributed by atoms with E-state index in [0.29, 0.717) is 19.6 Å². The van der Waals surface area contributed by atoms with E-state index in [1.54, 1.807) is 0 Å². The lowest BCUT2D eigenvalue weighted by Gasteiger charge is -2.30. The van der Waals surface area contributed by atoms with Gasteiger partial charge in [-0.3, -0.25) is 4.79 Å². The molecular formula is C22H27NO4. The van der Waals surface area contributed by atoms with E-state index < -0.39 is 5.60 Å². The van der Waals surface area contributed by atoms with Crippen LogP contribution in [0.4, 0.5) is 0 Å². The Bertz CT molecular complexity index is 707. The minimum atomic E-state index is -1.02. The average molecular weight is 369 g/mol. The van der Waals surface area contributed by atoms with Crippen molar-refractivity contribution in [2.45, 2.75) is 44.1 Å². The number of aliphatic hydroxyl groups is 1. The summed E-state index contributed by atoms with van der Waals surface area (Å²) < 4.78 is 11.2. The maximum absolute atomic E-state index is 12.2. The van der Waals surface area contributed by atoms with Gasteiger partial charge in [-0.25, -0.2) is 0 Å². The molecule has 5 heteroatoms. The Morgan fingerprint density at radius 3 is 2.22 bits per heavy atom. The third-order valence-electron chi connectivity index (χ3n) is 4.89. The number of carbonyl (C=O) groups is 1. The van der Waals surface area contributed by atoms with Crippen LogP contribution in [0.1, 0.15) is 30.4 Å². The third-order valence-corrected chi connectivity index (χ3v) is 4.89. The van der Waals surface area contributed by atoms with Gasteiger partial charge in [0.15, 0.2) is 0 Å². The standard InChI is InChI=1S/C22H27NO4/c24-21(16-26-14-18-8-3-1-4-9-18)23-20-12-7-13-22(20,25)17-27-15-19-10-5-2-6-11-19/h1-6,8-11,20,25H,7,12-17H2,(H,23,24)/t20-,22+/m0/s1. The molecule has 1 amide bonds. The highest BCUT2D eigenvalue weighted by atomic mass is 16.5. The molecule has 1 fully saturated rings. The zero-order valence-corrected chi connectivity index (χ0v) is 15.5. The number of carbonyl (C=O) groups excluding carboxylic acids is 1. The molecule has 1 aliphatic rings. The highest BCUT2D eigenvalue weighted by molar-refractivity contribution is 5.77. The van der Waals surface area contributed by atoms with Gasteiger partial charge in [-0.15, -0.1) is 0 Å². The summed E-state index contributed by atoms with van der Waals surface area (Å²) in [6.07, 6.45) is 2.23. The Kier molecular flexibility index (Phi) is 6.98. The van der Waals surface area contributed by atoms with E-state index in [1.165, 1.54) is 0 Å². The molecule has 27 heavy (non-hydrogen) atoms. The first-order chi connectivity index (χ1) is 13.2. The van der Waals surface area contributed by atoms with Crippen molar-refractivity contribution in [2.24, 2.45) is 0 Å². The molecule has 1 saturated carbocycles. The number of hydrogen-bond acceptors (Lipinski definition) is 4. The van der Waals surface area contributed by atoms with Gasteiger partial charge in [0.2, 0.25) is 5.91 Å². The van der Waals surface area contributed by atoms with Gasteiger partial charge < -0.3 is 19.9 Å². The molecule has 2 N–H and O–H groups in total. The number of nitrogens with one attached hydrogen (secondary N) is 1. The molecule has 2 atom stereocenters. The fourth-order valence-electron chi connectivity index (χ4n) is 3.43. The zero-order chi connectivity index (χ0) is 19.0. The first-order valence-corrected chi connectivity index (χ1v) is 9.41. The van der Waals surface area contributed by atoms with E-state index in [9.17, 15) is 9.90 Å². The van der Waals surface area contributed by atoms with Crippen LogP contribution in [-0.2, 0) is 27.5 Å². The van der Waals surface area contributed by atoms with Gasteiger partial charge in [0, 0.05) is 0 Å². The number of rotatable bonds is 9. The lowest BCUT2D eigenvalue weighted by Crippen LogP contribution is -2.52. The minimum Gasteiger partial charge on any atom is -0.385 e. The maximum atomic E-state index is 12.2. The fraction of sp³-hybridized carbons (Fsp3) is 0.409. The van der Waals surface area contributed by atoms with Crippen molar-refractivity contribution in [2.75, 3.05) is 13.2 Å². The molecule has 0 unspecified atom stereocenters. The van der Waals surface area contributed by atoms with E-state index in [0.717, 1.165) is 24.0 Å². The molecule has 0 aromatic heterocycles. The summed E-state index contributed by atoms with van der Waals surface area (Å²) in [4.78, 5) is 12.2. The van der Waals surface area contributed by atoms with Crippen molar-refractivity contribution in [3.8, 4) is 0 Å². The summed E-state index contributed by atoms with van der Waals surface area (Å²) in [7, 11) is 0. The first-order valence-electron chi connectivity index (χ1n) is 9.41. The van der Waals surface area contributed by atoms with Crippen LogP contribution in [0, 0.1) is 0 Å². The van der Waals surface area contributed by atoms with Gasteiger partial charge in [-0.1, -0.05) is 60.7 Å². The highest BCUT2D eigenvalue weighted by Gasteiger charge is 2.42. The molecule has 1 aliphatic carbocycles. The van der Waals surface area contributed by atoms with E-state index in [4.69, 9.17) is 9.47 Å². The molecule has 0 radical (unpaired) electrons. The summed E-state index contributed by atoms with van der Waals surface area (Å²) in [5.41, 5.74) is 1.06. The van der Waals surface area contributed by atoms with Crippen molar-refractivity contribution >= 4 is 5.91 Å². The Morgan fingerprint density at radius 1 is 1.00 bits per heavy atom. The average Bonchev–Trinajstić information content (AvgIpc) is 3.04. The third kappa shape index (κ3) is 5.89. The largest absolute Gasteiger partial charge is 0.385 e. The fourth-order valence-corrected chi connectivity index (χ4v) is 3.43. The second-order valence-corrected chi connectivity index (χ2v) is 7.07. The SMILES string of the molecule is O=C(COCc1ccccc1)N[C@H]1CCC[C@@]1(O)COCc1ccccc1. The molecule has 0 heterocycles. The van der Waals surface area contributed by atoms with Crippen LogP contribution in [0.3, 0.4) is 0 Å². The predicted octanol–water partition coefficient (Wildman–Crippen LogP) is 2.82. The van der Waals surface area contributed by atoms with Crippen LogP contribution in [0.15, 0.2) is 60.7 Å². The number of hydrogen-bond donors (Lipinski definition) is 2. The summed E-state index contributed by atoms with van der Waals surface area (Å²) in [5.74, 6) is -0.209. The van der Waals surface area contributed by atoms with Crippen LogP contribution >= 0.6 is 0 Å². The molecule has 0 saturated heterocycles. The summed E-state index contributed by atoms with van der Waals surface area (Å²) in [5, 5.41) is 13.8.